The van der Waals surface area contributed by atoms with E-state index in [-0.39, 0.29) is 24.6 Å². The maximum absolute atomic E-state index is 12.3. The summed E-state index contributed by atoms with van der Waals surface area (Å²) in [5.74, 6) is -2.24. The Labute approximate surface area is 180 Å². The zero-order chi connectivity index (χ0) is 23.7. The fourth-order valence-electron chi connectivity index (χ4n) is 2.36. The number of aliphatic hydroxyl groups is 1. The van der Waals surface area contributed by atoms with Crippen LogP contribution in [0.4, 0.5) is 4.79 Å². The fraction of sp³-hybridized carbons (Fsp3) is 0.526. The molecule has 1 rings (SSSR count). The number of nitrogens with one attached hydrogen (secondary N) is 1. The van der Waals surface area contributed by atoms with Crippen LogP contribution in [0, 0.1) is 5.41 Å². The molecule has 0 radical (unpaired) electrons. The van der Waals surface area contributed by atoms with Gasteiger partial charge in [-0.25, -0.2) is 9.59 Å². The quantitative estimate of drug-likeness (QED) is 0.176. The number of rotatable bonds is 12. The molecule has 12 heteroatoms. The van der Waals surface area contributed by atoms with Crippen molar-refractivity contribution in [2.75, 3.05) is 18.9 Å². The van der Waals surface area contributed by atoms with Crippen molar-refractivity contribution in [2.45, 2.75) is 39.4 Å². The number of hydrogen-bond acceptors (Lipinski definition) is 9. The second-order valence-electron chi connectivity index (χ2n) is 7.22. The third kappa shape index (κ3) is 9.32. The molecule has 0 aliphatic carbocycles. The van der Waals surface area contributed by atoms with E-state index < -0.39 is 52.2 Å². The van der Waals surface area contributed by atoms with Crippen LogP contribution in [-0.2, 0) is 28.6 Å². The molecule has 0 heterocycles. The standard InChI is InChI=1S/C19H27NO10S/c1-13(21)20-10-7-11-31(26,27)30-15(19(2,3)16(22)17(23)24)12-28-18(25)29-14-8-5-4-6-9-14/h4-6,8-9,15-16,22H,7,10-12H2,1-3H3,(H,20,21)(H,23,24)/t15?,16-/m0/s1. The van der Waals surface area contributed by atoms with Gasteiger partial charge in [-0.15, -0.1) is 0 Å². The van der Waals surface area contributed by atoms with Gasteiger partial charge < -0.3 is 25.0 Å². The number of aliphatic hydroxyl groups excluding tert-OH is 1. The number of carbonyl (C=O) groups excluding carboxylic acids is 2. The molecule has 1 aromatic rings. The van der Waals surface area contributed by atoms with Crippen LogP contribution in [0.1, 0.15) is 27.2 Å². The number of carbonyl (C=O) groups is 3. The van der Waals surface area contributed by atoms with Crippen molar-refractivity contribution >= 4 is 28.1 Å². The Hall–Kier alpha value is -2.70. The molecule has 0 saturated carbocycles. The van der Waals surface area contributed by atoms with E-state index in [1.54, 1.807) is 18.2 Å². The highest BCUT2D eigenvalue weighted by atomic mass is 32.2. The molecule has 0 spiro atoms. The smallest absolute Gasteiger partial charge is 0.479 e. The second-order valence-corrected chi connectivity index (χ2v) is 8.94. The lowest BCUT2D eigenvalue weighted by molar-refractivity contribution is -0.159. The summed E-state index contributed by atoms with van der Waals surface area (Å²) in [7, 11) is -4.22. The minimum atomic E-state index is -4.22. The van der Waals surface area contributed by atoms with Crippen molar-refractivity contribution in [1.82, 2.24) is 5.32 Å². The molecular weight excluding hydrogens is 434 g/mol. The number of hydrogen-bond donors (Lipinski definition) is 3. The topological polar surface area (TPSA) is 166 Å². The molecule has 3 N–H and O–H groups in total. The van der Waals surface area contributed by atoms with Gasteiger partial charge in [-0.05, 0) is 18.6 Å². The number of benzene rings is 1. The van der Waals surface area contributed by atoms with Gasteiger partial charge in [0.2, 0.25) is 5.91 Å². The first-order valence-electron chi connectivity index (χ1n) is 9.31. The predicted octanol–water partition coefficient (Wildman–Crippen LogP) is 0.915. The molecule has 0 fully saturated rings. The van der Waals surface area contributed by atoms with Gasteiger partial charge in [-0.1, -0.05) is 32.0 Å². The van der Waals surface area contributed by atoms with Gasteiger partial charge in [0.1, 0.15) is 18.5 Å². The SMILES string of the molecule is CC(=O)NCCCS(=O)(=O)OC(COC(=O)Oc1ccccc1)C(C)(C)[C@@H](O)C(=O)O. The van der Waals surface area contributed by atoms with Crippen LogP contribution in [0.15, 0.2) is 30.3 Å². The van der Waals surface area contributed by atoms with Crippen LogP contribution in [-0.4, -0.2) is 67.8 Å². The molecule has 0 aliphatic rings. The van der Waals surface area contributed by atoms with E-state index in [9.17, 15) is 27.9 Å². The van der Waals surface area contributed by atoms with E-state index in [1.165, 1.54) is 32.9 Å². The molecule has 1 aromatic carbocycles. The Morgan fingerprint density at radius 3 is 2.32 bits per heavy atom. The van der Waals surface area contributed by atoms with Crippen molar-refractivity contribution in [3.8, 4) is 5.75 Å². The number of para-hydroxylation sites is 1. The average Bonchev–Trinajstić information content (AvgIpc) is 2.68. The van der Waals surface area contributed by atoms with E-state index in [2.05, 4.69) is 5.32 Å². The molecule has 2 atom stereocenters. The normalized spacial score (nSPS) is 13.7. The zero-order valence-corrected chi connectivity index (χ0v) is 18.3. The fourth-order valence-corrected chi connectivity index (χ4v) is 3.61. The van der Waals surface area contributed by atoms with E-state index in [4.69, 9.17) is 18.8 Å². The Balaban J connectivity index is 2.86. The van der Waals surface area contributed by atoms with Crippen LogP contribution < -0.4 is 10.1 Å². The molecule has 174 valence electrons. The molecule has 1 unspecified atom stereocenters. The number of ether oxygens (including phenoxy) is 2. The van der Waals surface area contributed by atoms with Gasteiger partial charge in [0.15, 0.2) is 6.10 Å². The maximum atomic E-state index is 12.3. The molecule has 11 nitrogen and oxygen atoms in total. The lowest BCUT2D eigenvalue weighted by atomic mass is 9.81. The van der Waals surface area contributed by atoms with Gasteiger partial charge in [0.05, 0.1) is 5.75 Å². The summed E-state index contributed by atoms with van der Waals surface area (Å²) in [4.78, 5) is 34.0. The largest absolute Gasteiger partial charge is 0.513 e. The van der Waals surface area contributed by atoms with Gasteiger partial charge >= 0.3 is 12.1 Å². The summed E-state index contributed by atoms with van der Waals surface area (Å²) in [6.07, 6.45) is -4.68. The van der Waals surface area contributed by atoms with Crippen LogP contribution in [0.5, 0.6) is 5.75 Å². The number of carboxylic acid groups (broad SMARTS) is 1. The monoisotopic (exact) mass is 461 g/mol. The Morgan fingerprint density at radius 2 is 1.77 bits per heavy atom. The zero-order valence-electron chi connectivity index (χ0n) is 17.4. The summed E-state index contributed by atoms with van der Waals surface area (Å²) >= 11 is 0. The first-order chi connectivity index (χ1) is 14.3. The van der Waals surface area contributed by atoms with E-state index in [0.29, 0.717) is 0 Å². The Kier molecular flexibility index (Phi) is 9.88. The van der Waals surface area contributed by atoms with Crippen LogP contribution in [0.3, 0.4) is 0 Å². The number of carboxylic acids is 1. The van der Waals surface area contributed by atoms with Crippen molar-refractivity contribution in [3.05, 3.63) is 30.3 Å². The highest BCUT2D eigenvalue weighted by molar-refractivity contribution is 7.86. The highest BCUT2D eigenvalue weighted by Crippen LogP contribution is 2.30. The molecule has 0 bridgehead atoms. The minimum absolute atomic E-state index is 0.0352. The molecule has 0 aromatic heterocycles. The van der Waals surface area contributed by atoms with Crippen LogP contribution in [0.2, 0.25) is 0 Å². The van der Waals surface area contributed by atoms with Gasteiger partial charge in [-0.3, -0.25) is 8.98 Å². The number of amides is 1. The average molecular weight is 461 g/mol. The van der Waals surface area contributed by atoms with E-state index in [0.717, 1.165) is 0 Å². The van der Waals surface area contributed by atoms with Crippen LogP contribution >= 0.6 is 0 Å². The Morgan fingerprint density at radius 1 is 1.16 bits per heavy atom. The van der Waals surface area contributed by atoms with Gasteiger partial charge in [0, 0.05) is 18.9 Å². The first kappa shape index (κ1) is 26.3. The number of aliphatic carboxylic acids is 1. The molecule has 1 amide bonds. The maximum Gasteiger partial charge on any atom is 0.513 e. The molecular formula is C19H27NO10S. The molecule has 0 aliphatic heterocycles. The predicted molar refractivity (Wildman–Crippen MR) is 108 cm³/mol. The molecule has 31 heavy (non-hydrogen) atoms. The van der Waals surface area contributed by atoms with Gasteiger partial charge in [0.25, 0.3) is 10.1 Å². The van der Waals surface area contributed by atoms with Crippen LogP contribution in [0.25, 0.3) is 0 Å². The minimum Gasteiger partial charge on any atom is -0.479 e. The van der Waals surface area contributed by atoms with Crippen molar-refractivity contribution < 1.29 is 46.7 Å². The first-order valence-corrected chi connectivity index (χ1v) is 10.9. The lowest BCUT2D eigenvalue weighted by Crippen LogP contribution is -2.49. The van der Waals surface area contributed by atoms with E-state index in [1.807, 2.05) is 0 Å². The van der Waals surface area contributed by atoms with E-state index >= 15 is 0 Å². The summed E-state index contributed by atoms with van der Waals surface area (Å²) < 4.78 is 39.6. The Bertz CT molecular complexity index is 854. The van der Waals surface area contributed by atoms with Crippen molar-refractivity contribution in [1.29, 1.82) is 0 Å². The van der Waals surface area contributed by atoms with Crippen molar-refractivity contribution in [3.63, 3.8) is 0 Å². The third-order valence-electron chi connectivity index (χ3n) is 4.27. The molecule has 0 saturated heterocycles. The summed E-state index contributed by atoms with van der Waals surface area (Å²) in [6, 6.07) is 7.93. The summed E-state index contributed by atoms with van der Waals surface area (Å²) in [5.41, 5.74) is -1.66. The third-order valence-corrected chi connectivity index (χ3v) is 5.59. The van der Waals surface area contributed by atoms with Gasteiger partial charge in [-0.2, -0.15) is 8.42 Å². The second kappa shape index (κ2) is 11.6. The summed E-state index contributed by atoms with van der Waals surface area (Å²) in [6.45, 7) is 3.19. The summed E-state index contributed by atoms with van der Waals surface area (Å²) in [5, 5.41) is 21.6. The highest BCUT2D eigenvalue weighted by Gasteiger charge is 2.44. The van der Waals surface area contributed by atoms with Crippen molar-refractivity contribution in [2.24, 2.45) is 5.41 Å². The lowest BCUT2D eigenvalue weighted by Gasteiger charge is -2.34.